The molecule has 1 aliphatic rings. The van der Waals surface area contributed by atoms with Crippen molar-refractivity contribution in [3.8, 4) is 21.8 Å². The first-order chi connectivity index (χ1) is 18.1. The van der Waals surface area contributed by atoms with Gasteiger partial charge in [0.25, 0.3) is 5.91 Å². The van der Waals surface area contributed by atoms with Crippen LogP contribution >= 0.6 is 11.3 Å². The van der Waals surface area contributed by atoms with Crippen LogP contribution in [0.3, 0.4) is 0 Å². The number of aliphatic hydroxyl groups excluding tert-OH is 1. The third kappa shape index (κ3) is 4.66. The predicted octanol–water partition coefficient (Wildman–Crippen LogP) is 2.54. The standard InChI is InChI=1S/C26H29N7O4S/c1-14(34)19-20(15-6-9-32(10-7-15)25(36)21(35)26(2,3)37)31-23-17(13-30-33(23)22(19)27)16-4-5-18(29-12-16)24-28-8-11-38-24/h4-5,8,11-13,15,21,35,37H,6-7,9-10,27H2,1-3H3. The minimum Gasteiger partial charge on any atom is -0.387 e. The Hall–Kier alpha value is -3.74. The van der Waals surface area contributed by atoms with Crippen LogP contribution in [0.15, 0.2) is 36.1 Å². The number of carbonyl (C=O) groups excluding carboxylic acids is 2. The molecule has 1 aliphatic heterocycles. The number of hydrogen-bond acceptors (Lipinski definition) is 10. The lowest BCUT2D eigenvalue weighted by Gasteiger charge is -2.35. The normalized spacial score (nSPS) is 15.7. The highest BCUT2D eigenvalue weighted by Crippen LogP contribution is 2.35. The Morgan fingerprint density at radius 1 is 1.18 bits per heavy atom. The van der Waals surface area contributed by atoms with Gasteiger partial charge in [-0.25, -0.2) is 9.97 Å². The molecule has 1 amide bonds. The summed E-state index contributed by atoms with van der Waals surface area (Å²) in [5, 5.41) is 27.4. The molecule has 0 aliphatic carbocycles. The molecule has 1 atom stereocenters. The number of nitrogens with zero attached hydrogens (tertiary/aromatic N) is 6. The van der Waals surface area contributed by atoms with Gasteiger partial charge in [-0.05, 0) is 39.7 Å². The summed E-state index contributed by atoms with van der Waals surface area (Å²) in [5.41, 5.74) is 8.64. The number of pyridine rings is 1. The van der Waals surface area contributed by atoms with E-state index in [-0.39, 0.29) is 17.5 Å². The van der Waals surface area contributed by atoms with Gasteiger partial charge >= 0.3 is 0 Å². The quantitative estimate of drug-likeness (QED) is 0.315. The van der Waals surface area contributed by atoms with Crippen molar-refractivity contribution in [1.29, 1.82) is 0 Å². The highest BCUT2D eigenvalue weighted by atomic mass is 32.1. The summed E-state index contributed by atoms with van der Waals surface area (Å²) in [6, 6.07) is 3.82. The smallest absolute Gasteiger partial charge is 0.254 e. The van der Waals surface area contributed by atoms with Crippen LogP contribution in [0.4, 0.5) is 5.82 Å². The fourth-order valence-electron chi connectivity index (χ4n) is 4.77. The van der Waals surface area contributed by atoms with Crippen molar-refractivity contribution >= 4 is 34.5 Å². The second-order valence-corrected chi connectivity index (χ2v) is 10.9. The lowest BCUT2D eigenvalue weighted by Crippen LogP contribution is -2.51. The van der Waals surface area contributed by atoms with Crippen molar-refractivity contribution in [2.75, 3.05) is 18.8 Å². The van der Waals surface area contributed by atoms with Gasteiger partial charge in [0.05, 0.1) is 28.7 Å². The molecule has 198 valence electrons. The van der Waals surface area contributed by atoms with Crippen molar-refractivity contribution < 1.29 is 19.8 Å². The highest BCUT2D eigenvalue weighted by molar-refractivity contribution is 7.13. The zero-order valence-electron chi connectivity index (χ0n) is 21.3. The lowest BCUT2D eigenvalue weighted by molar-refractivity contribution is -0.153. The molecule has 0 saturated carbocycles. The maximum atomic E-state index is 12.7. The SMILES string of the molecule is CC(=O)c1c(C2CCN(C(=O)C(O)C(C)(C)O)CC2)nc2c(-c3ccc(-c4nccs4)nc3)cnn2c1N. The zero-order valence-corrected chi connectivity index (χ0v) is 22.1. The number of hydrogen-bond donors (Lipinski definition) is 3. The number of fused-ring (bicyclic) bond motifs is 1. The molecule has 4 aromatic heterocycles. The largest absolute Gasteiger partial charge is 0.387 e. The molecular formula is C26H29N7O4S. The van der Waals surface area contributed by atoms with Gasteiger partial charge in [0, 0.05) is 47.9 Å². The van der Waals surface area contributed by atoms with Crippen LogP contribution in [0.25, 0.3) is 27.5 Å². The van der Waals surface area contributed by atoms with E-state index in [1.54, 1.807) is 18.6 Å². The van der Waals surface area contributed by atoms with Crippen LogP contribution in [0.5, 0.6) is 0 Å². The van der Waals surface area contributed by atoms with Gasteiger partial charge in [-0.3, -0.25) is 14.6 Å². The molecule has 12 heteroatoms. The number of piperidine rings is 1. The van der Waals surface area contributed by atoms with E-state index >= 15 is 0 Å². The van der Waals surface area contributed by atoms with Gasteiger partial charge in [0.1, 0.15) is 10.8 Å². The molecule has 5 heterocycles. The molecule has 0 bridgehead atoms. The number of anilines is 1. The van der Waals surface area contributed by atoms with Gasteiger partial charge in [-0.1, -0.05) is 6.07 Å². The molecule has 5 rings (SSSR count). The maximum Gasteiger partial charge on any atom is 0.254 e. The van der Waals surface area contributed by atoms with E-state index in [1.165, 1.54) is 41.5 Å². The van der Waals surface area contributed by atoms with Crippen LogP contribution in [0, 0.1) is 0 Å². The number of rotatable bonds is 6. The Kier molecular flexibility index (Phi) is 6.72. The van der Waals surface area contributed by atoms with Gasteiger partial charge in [-0.2, -0.15) is 9.61 Å². The molecule has 0 spiro atoms. The minimum atomic E-state index is -1.54. The minimum absolute atomic E-state index is 0.127. The van der Waals surface area contributed by atoms with E-state index < -0.39 is 17.6 Å². The second kappa shape index (κ2) is 9.86. The molecule has 1 fully saturated rings. The van der Waals surface area contributed by atoms with Gasteiger partial charge < -0.3 is 20.8 Å². The number of nitrogens with two attached hydrogens (primary N) is 1. The molecule has 1 unspecified atom stereocenters. The molecule has 0 radical (unpaired) electrons. The van der Waals surface area contributed by atoms with Crippen LogP contribution in [0.2, 0.25) is 0 Å². The summed E-state index contributed by atoms with van der Waals surface area (Å²) in [4.78, 5) is 40.6. The first-order valence-corrected chi connectivity index (χ1v) is 13.2. The number of aromatic nitrogens is 5. The van der Waals surface area contributed by atoms with E-state index in [0.29, 0.717) is 42.8 Å². The van der Waals surface area contributed by atoms with Crippen molar-refractivity contribution in [3.05, 3.63) is 47.4 Å². The summed E-state index contributed by atoms with van der Waals surface area (Å²) in [5.74, 6) is -0.642. The summed E-state index contributed by atoms with van der Waals surface area (Å²) in [7, 11) is 0. The Balaban J connectivity index is 1.47. The summed E-state index contributed by atoms with van der Waals surface area (Å²) < 4.78 is 1.47. The third-order valence-electron chi connectivity index (χ3n) is 6.89. The van der Waals surface area contributed by atoms with Gasteiger partial charge in [-0.15, -0.1) is 11.3 Å². The summed E-state index contributed by atoms with van der Waals surface area (Å²) in [6.07, 6.45) is 4.68. The average molecular weight is 536 g/mol. The number of likely N-dealkylation sites (tertiary alicyclic amines) is 1. The summed E-state index contributed by atoms with van der Waals surface area (Å²) >= 11 is 1.51. The molecule has 0 aromatic carbocycles. The zero-order chi connectivity index (χ0) is 27.2. The monoisotopic (exact) mass is 535 g/mol. The number of aliphatic hydroxyl groups is 2. The molecule has 1 saturated heterocycles. The predicted molar refractivity (Wildman–Crippen MR) is 143 cm³/mol. The number of nitrogen functional groups attached to an aromatic ring is 1. The highest BCUT2D eigenvalue weighted by Gasteiger charge is 2.37. The molecule has 11 nitrogen and oxygen atoms in total. The van der Waals surface area contributed by atoms with Crippen LogP contribution in [0.1, 0.15) is 55.6 Å². The van der Waals surface area contributed by atoms with E-state index in [2.05, 4.69) is 15.1 Å². The van der Waals surface area contributed by atoms with E-state index in [1.807, 2.05) is 17.5 Å². The van der Waals surface area contributed by atoms with Crippen LogP contribution in [-0.2, 0) is 4.79 Å². The molecule has 4 N–H and O–H groups in total. The van der Waals surface area contributed by atoms with Crippen molar-refractivity contribution in [2.24, 2.45) is 0 Å². The number of thiazole rings is 1. The first kappa shape index (κ1) is 25.9. The number of carbonyl (C=O) groups is 2. The number of amides is 1. The van der Waals surface area contributed by atoms with Crippen LogP contribution in [-0.4, -0.2) is 76.2 Å². The average Bonchev–Trinajstić information content (AvgIpc) is 3.58. The lowest BCUT2D eigenvalue weighted by atomic mass is 9.88. The molecular weight excluding hydrogens is 506 g/mol. The fourth-order valence-corrected chi connectivity index (χ4v) is 5.38. The van der Waals surface area contributed by atoms with Crippen LogP contribution < -0.4 is 5.73 Å². The Bertz CT molecular complexity index is 1480. The van der Waals surface area contributed by atoms with Gasteiger partial charge in [0.15, 0.2) is 17.5 Å². The van der Waals surface area contributed by atoms with Crippen molar-refractivity contribution in [2.45, 2.75) is 51.2 Å². The fraction of sp³-hybridized carbons (Fsp3) is 0.385. The van der Waals surface area contributed by atoms with Crippen molar-refractivity contribution in [1.82, 2.24) is 29.5 Å². The Morgan fingerprint density at radius 3 is 2.50 bits per heavy atom. The Morgan fingerprint density at radius 2 is 1.92 bits per heavy atom. The first-order valence-electron chi connectivity index (χ1n) is 12.3. The van der Waals surface area contributed by atoms with Crippen molar-refractivity contribution in [3.63, 3.8) is 0 Å². The Labute approximate surface area is 223 Å². The van der Waals surface area contributed by atoms with E-state index in [0.717, 1.165) is 21.8 Å². The number of Topliss-reactive ketones (excluding diaryl/α,β-unsaturated/α-hetero) is 1. The molecule has 4 aromatic rings. The van der Waals surface area contributed by atoms with E-state index in [4.69, 9.17) is 10.7 Å². The third-order valence-corrected chi connectivity index (χ3v) is 7.68. The van der Waals surface area contributed by atoms with Gasteiger partial charge in [0.2, 0.25) is 0 Å². The summed E-state index contributed by atoms with van der Waals surface area (Å²) in [6.45, 7) is 4.96. The second-order valence-electron chi connectivity index (χ2n) is 10.0. The van der Waals surface area contributed by atoms with E-state index in [9.17, 15) is 19.8 Å². The number of ketones is 1. The maximum absolute atomic E-state index is 12.7. The molecule has 38 heavy (non-hydrogen) atoms. The topological polar surface area (TPSA) is 160 Å².